The fourth-order valence-corrected chi connectivity index (χ4v) is 3.80. The minimum absolute atomic E-state index is 0.00299. The van der Waals surface area contributed by atoms with Crippen molar-refractivity contribution < 1.29 is 42.6 Å². The van der Waals surface area contributed by atoms with Gasteiger partial charge in [0, 0.05) is 0 Å². The first-order valence-corrected chi connectivity index (χ1v) is 12.9. The zero-order valence-electron chi connectivity index (χ0n) is 23.9. The van der Waals surface area contributed by atoms with Crippen molar-refractivity contribution in [2.75, 3.05) is 14.2 Å². The summed E-state index contributed by atoms with van der Waals surface area (Å²) in [4.78, 5) is 75.7. The Balaban J connectivity index is 2.25. The van der Waals surface area contributed by atoms with Gasteiger partial charge in [-0.2, -0.15) is 4.68 Å². The molecule has 0 radical (unpaired) electrons. The number of carbonyl (C=O) groups is 5. The zero-order valence-corrected chi connectivity index (χ0v) is 23.9. The summed E-state index contributed by atoms with van der Waals surface area (Å²) in [5, 5.41) is 8.87. The summed E-state index contributed by atoms with van der Waals surface area (Å²) in [5.74, 6) is -6.03. The van der Waals surface area contributed by atoms with Gasteiger partial charge in [-0.15, -0.1) is 5.10 Å². The standard InChI is InChI=1S/C27H36N4O10/c1-15(2)12-18(21(32)23-30-31(27(37)41-23)20(24(34)38-5)25(35)39-6)28-22(33)19(13-16(3)4)29-26(36)40-14-17-10-8-7-9-11-17/h7-11,15-16,18-20H,12-14H2,1-6H3,(H,28,33)(H,29,36)/t18-,19-/m0/s1. The van der Waals surface area contributed by atoms with Crippen molar-refractivity contribution >= 4 is 29.7 Å². The summed E-state index contributed by atoms with van der Waals surface area (Å²) in [6.45, 7) is 7.31. The highest BCUT2D eigenvalue weighted by molar-refractivity contribution is 6.00. The van der Waals surface area contributed by atoms with Crippen LogP contribution in [-0.4, -0.2) is 65.8 Å². The molecular formula is C27H36N4O10. The second kappa shape index (κ2) is 15.3. The Kier molecular flexibility index (Phi) is 12.2. The average Bonchev–Trinajstić information content (AvgIpc) is 3.31. The fraction of sp³-hybridized carbons (Fsp3) is 0.519. The van der Waals surface area contributed by atoms with Crippen LogP contribution in [0.5, 0.6) is 0 Å². The molecule has 1 aromatic heterocycles. The summed E-state index contributed by atoms with van der Waals surface area (Å²) < 4.78 is 19.6. The molecule has 0 bridgehead atoms. The van der Waals surface area contributed by atoms with Crippen molar-refractivity contribution in [1.82, 2.24) is 20.4 Å². The van der Waals surface area contributed by atoms with Crippen molar-refractivity contribution in [2.45, 2.75) is 65.3 Å². The Bertz CT molecular complexity index is 1250. The number of carbonyl (C=O) groups excluding carboxylic acids is 5. The highest BCUT2D eigenvalue weighted by Crippen LogP contribution is 2.14. The molecule has 0 fully saturated rings. The van der Waals surface area contributed by atoms with Gasteiger partial charge < -0.3 is 29.3 Å². The lowest BCUT2D eigenvalue weighted by Gasteiger charge is -2.24. The molecule has 0 saturated carbocycles. The number of nitrogens with zero attached hydrogens (tertiary/aromatic N) is 2. The molecule has 0 saturated heterocycles. The molecule has 0 aliphatic carbocycles. The second-order valence-electron chi connectivity index (χ2n) is 10.0. The largest absolute Gasteiger partial charge is 0.467 e. The van der Waals surface area contributed by atoms with E-state index < -0.39 is 59.5 Å². The molecule has 41 heavy (non-hydrogen) atoms. The van der Waals surface area contributed by atoms with Crippen LogP contribution in [-0.2, 0) is 35.2 Å². The maximum atomic E-state index is 13.3. The smallest absolute Gasteiger partial charge is 0.438 e. The Hall–Kier alpha value is -4.49. The van der Waals surface area contributed by atoms with Crippen LogP contribution in [0.1, 0.15) is 62.8 Å². The maximum Gasteiger partial charge on any atom is 0.438 e. The van der Waals surface area contributed by atoms with Gasteiger partial charge in [0.2, 0.25) is 11.7 Å². The summed E-state index contributed by atoms with van der Waals surface area (Å²) in [7, 11) is 1.98. The number of ketones is 1. The van der Waals surface area contributed by atoms with Gasteiger partial charge in [-0.1, -0.05) is 58.0 Å². The van der Waals surface area contributed by atoms with Gasteiger partial charge in [0.1, 0.15) is 12.6 Å². The summed E-state index contributed by atoms with van der Waals surface area (Å²) in [6, 6.07) is 4.78. The Labute approximate surface area is 236 Å². The number of Topliss-reactive ketones (excluding diaryl/α,β-unsaturated/α-hetero) is 1. The van der Waals surface area contributed by atoms with Gasteiger partial charge >= 0.3 is 23.8 Å². The van der Waals surface area contributed by atoms with Crippen molar-refractivity contribution in [3.05, 3.63) is 52.3 Å². The molecule has 224 valence electrons. The molecule has 14 heteroatoms. The molecule has 2 aromatic rings. The lowest BCUT2D eigenvalue weighted by molar-refractivity contribution is -0.158. The molecule has 2 N–H and O–H groups in total. The van der Waals surface area contributed by atoms with E-state index in [2.05, 4.69) is 25.2 Å². The molecule has 2 rings (SSSR count). The predicted octanol–water partition coefficient (Wildman–Crippen LogP) is 1.78. The van der Waals surface area contributed by atoms with E-state index in [9.17, 15) is 28.8 Å². The quantitative estimate of drug-likeness (QED) is 0.145. The van der Waals surface area contributed by atoms with Gasteiger partial charge in [0.05, 0.1) is 20.3 Å². The van der Waals surface area contributed by atoms with E-state index in [-0.39, 0.29) is 31.3 Å². The lowest BCUT2D eigenvalue weighted by Crippen LogP contribution is -2.52. The van der Waals surface area contributed by atoms with Crippen LogP contribution < -0.4 is 16.4 Å². The number of nitrogens with one attached hydrogen (secondary N) is 2. The lowest BCUT2D eigenvalue weighted by atomic mass is 9.98. The zero-order chi connectivity index (χ0) is 30.7. The van der Waals surface area contributed by atoms with Crippen molar-refractivity contribution in [1.29, 1.82) is 0 Å². The highest BCUT2D eigenvalue weighted by atomic mass is 16.6. The number of aromatic nitrogens is 2. The Morgan fingerprint density at radius 1 is 0.878 bits per heavy atom. The minimum atomic E-state index is -1.94. The van der Waals surface area contributed by atoms with Gasteiger partial charge in [-0.25, -0.2) is 19.2 Å². The van der Waals surface area contributed by atoms with Gasteiger partial charge in [0.25, 0.3) is 11.9 Å². The number of hydrogen-bond acceptors (Lipinski definition) is 11. The second-order valence-corrected chi connectivity index (χ2v) is 10.0. The molecule has 2 amide bonds. The maximum absolute atomic E-state index is 13.3. The number of amides is 2. The highest BCUT2D eigenvalue weighted by Gasteiger charge is 2.37. The van der Waals surface area contributed by atoms with Crippen LogP contribution in [0.4, 0.5) is 4.79 Å². The predicted molar refractivity (Wildman–Crippen MR) is 143 cm³/mol. The topological polar surface area (TPSA) is 185 Å². The Morgan fingerprint density at radius 3 is 1.98 bits per heavy atom. The van der Waals surface area contributed by atoms with Crippen LogP contribution in [0, 0.1) is 11.8 Å². The average molecular weight is 577 g/mol. The summed E-state index contributed by atoms with van der Waals surface area (Å²) in [5.41, 5.74) is 0.762. The number of hydrogen-bond donors (Lipinski definition) is 2. The van der Waals surface area contributed by atoms with Crippen LogP contribution >= 0.6 is 0 Å². The molecule has 1 aromatic carbocycles. The van der Waals surface area contributed by atoms with E-state index in [1.54, 1.807) is 38.1 Å². The minimum Gasteiger partial charge on any atom is -0.467 e. The third-order valence-corrected chi connectivity index (χ3v) is 5.74. The molecule has 0 aliphatic rings. The van der Waals surface area contributed by atoms with E-state index in [1.165, 1.54) is 0 Å². The van der Waals surface area contributed by atoms with Crippen LogP contribution in [0.15, 0.2) is 39.5 Å². The van der Waals surface area contributed by atoms with E-state index in [4.69, 9.17) is 9.15 Å². The van der Waals surface area contributed by atoms with Gasteiger partial charge in [0.15, 0.2) is 0 Å². The molecule has 2 atom stereocenters. The van der Waals surface area contributed by atoms with Crippen LogP contribution in [0.3, 0.4) is 0 Å². The summed E-state index contributed by atoms with van der Waals surface area (Å²) in [6.07, 6.45) is -0.466. The number of benzene rings is 1. The monoisotopic (exact) mass is 576 g/mol. The third kappa shape index (κ3) is 9.58. The molecular weight excluding hydrogens is 540 g/mol. The van der Waals surface area contributed by atoms with Crippen LogP contribution in [0.25, 0.3) is 0 Å². The fourth-order valence-electron chi connectivity index (χ4n) is 3.80. The first-order chi connectivity index (χ1) is 19.4. The van der Waals surface area contributed by atoms with Gasteiger partial charge in [-0.05, 0) is 30.2 Å². The Morgan fingerprint density at radius 2 is 1.44 bits per heavy atom. The first-order valence-electron chi connectivity index (χ1n) is 12.9. The van der Waals surface area contributed by atoms with E-state index in [0.29, 0.717) is 4.68 Å². The van der Waals surface area contributed by atoms with Crippen molar-refractivity contribution in [2.24, 2.45) is 11.8 Å². The molecule has 0 spiro atoms. The number of rotatable bonds is 14. The van der Waals surface area contributed by atoms with Gasteiger partial charge in [-0.3, -0.25) is 9.59 Å². The van der Waals surface area contributed by atoms with Crippen molar-refractivity contribution in [3.8, 4) is 0 Å². The number of alkyl carbamates (subject to hydrolysis) is 1. The first kappa shape index (κ1) is 32.7. The molecule has 0 aliphatic heterocycles. The summed E-state index contributed by atoms with van der Waals surface area (Å²) >= 11 is 0. The normalized spacial score (nSPS) is 12.5. The SMILES string of the molecule is COC(=O)C(C(=O)OC)n1nc(C(=O)[C@H](CC(C)C)NC(=O)[C@H](CC(C)C)NC(=O)OCc2ccccc2)oc1=O. The van der Waals surface area contributed by atoms with E-state index in [0.717, 1.165) is 19.8 Å². The number of ether oxygens (including phenoxy) is 3. The third-order valence-electron chi connectivity index (χ3n) is 5.74. The number of methoxy groups -OCH3 is 2. The van der Waals surface area contributed by atoms with Crippen LogP contribution in [0.2, 0.25) is 0 Å². The molecule has 1 heterocycles. The van der Waals surface area contributed by atoms with E-state index in [1.807, 2.05) is 19.9 Å². The molecule has 14 nitrogen and oxygen atoms in total. The number of esters is 2. The molecule has 0 unspecified atom stereocenters. The van der Waals surface area contributed by atoms with E-state index >= 15 is 0 Å². The van der Waals surface area contributed by atoms with Crippen molar-refractivity contribution in [3.63, 3.8) is 0 Å².